The van der Waals surface area contributed by atoms with Gasteiger partial charge in [-0.3, -0.25) is 0 Å². The second kappa shape index (κ2) is 8.33. The van der Waals surface area contributed by atoms with E-state index in [9.17, 15) is 4.79 Å². The fourth-order valence-corrected chi connectivity index (χ4v) is 5.95. The maximum atomic E-state index is 13.5. The summed E-state index contributed by atoms with van der Waals surface area (Å²) in [6.07, 6.45) is 6.05. The number of urea groups is 1. The molecule has 3 fully saturated rings. The Labute approximate surface area is 204 Å². The maximum absolute atomic E-state index is 13.5. The van der Waals surface area contributed by atoms with E-state index in [0.717, 1.165) is 49.1 Å². The first kappa shape index (κ1) is 21.4. The fraction of sp³-hybridized carbons (Fsp3) is 0.481. The lowest BCUT2D eigenvalue weighted by Gasteiger charge is -2.37. The smallest absolute Gasteiger partial charge is 0.320 e. The summed E-state index contributed by atoms with van der Waals surface area (Å²) < 4.78 is 11.6. The Morgan fingerprint density at radius 1 is 1.17 bits per heavy atom. The number of hydrogen-bond acceptors (Lipinski definition) is 5. The van der Waals surface area contributed by atoms with Crippen molar-refractivity contribution in [2.45, 2.75) is 44.5 Å². The molecule has 3 aliphatic heterocycles. The molecule has 182 valence electrons. The zero-order chi connectivity index (χ0) is 23.5. The number of carbonyl (C=O) groups excluding carboxylic acids is 1. The molecule has 2 unspecified atom stereocenters. The number of H-pyrrole nitrogens is 1. The highest BCUT2D eigenvalue weighted by Gasteiger charge is 2.48. The van der Waals surface area contributed by atoms with Crippen LogP contribution in [0.1, 0.15) is 34.7 Å². The van der Waals surface area contributed by atoms with Gasteiger partial charge in [-0.15, -0.1) is 0 Å². The summed E-state index contributed by atoms with van der Waals surface area (Å²) in [4.78, 5) is 25.4. The first-order valence-corrected chi connectivity index (χ1v) is 12.7. The van der Waals surface area contributed by atoms with Crippen LogP contribution in [0, 0.1) is 6.92 Å². The van der Waals surface area contributed by atoms with Crippen LogP contribution in [0.5, 0.6) is 0 Å². The Morgan fingerprint density at radius 2 is 2.11 bits per heavy atom. The van der Waals surface area contributed by atoms with Crippen molar-refractivity contribution in [3.63, 3.8) is 0 Å². The molecule has 4 aliphatic rings. The molecular formula is C27H31N5O3. The number of nitrogens with one attached hydrogen (secondary N) is 2. The number of benzene rings is 1. The summed E-state index contributed by atoms with van der Waals surface area (Å²) in [6.45, 7) is 7.04. The monoisotopic (exact) mass is 473 g/mol. The minimum absolute atomic E-state index is 0.120. The van der Waals surface area contributed by atoms with Gasteiger partial charge in [0.05, 0.1) is 38.0 Å². The third-order valence-electron chi connectivity index (χ3n) is 8.03. The Hall–Kier alpha value is -2.94. The fourth-order valence-electron chi connectivity index (χ4n) is 5.95. The molecule has 1 saturated carbocycles. The van der Waals surface area contributed by atoms with Crippen LogP contribution >= 0.6 is 0 Å². The number of hydrogen-bond donors (Lipinski definition) is 2. The lowest BCUT2D eigenvalue weighted by molar-refractivity contribution is 0.0358. The standard InChI is InChI=1S/C27H31N5O3/c1-16-12-29-26-20(16)10-19(13-30-26)18-8-17-2-4-31(27(33)32-5-7-35-25-11-24(25)32)14-22(17)21(9-18)23-15-34-6-3-28-23/h8-10,12-13,23-25,28H,2-7,11,14-15H2,1H3,(H,29,30)/t23-,24?,25?/m0/s1. The number of nitrogens with zero attached hydrogens (tertiary/aromatic N) is 3. The number of morpholine rings is 2. The van der Waals surface area contributed by atoms with E-state index in [2.05, 4.69) is 40.4 Å². The number of carbonyl (C=O) groups is 1. The molecule has 7 rings (SSSR count). The lowest BCUT2D eigenvalue weighted by Crippen LogP contribution is -2.50. The first-order valence-electron chi connectivity index (χ1n) is 12.7. The van der Waals surface area contributed by atoms with Crippen molar-refractivity contribution >= 4 is 17.1 Å². The van der Waals surface area contributed by atoms with Gasteiger partial charge in [0.2, 0.25) is 0 Å². The van der Waals surface area contributed by atoms with Crippen LogP contribution < -0.4 is 5.32 Å². The highest BCUT2D eigenvalue weighted by molar-refractivity contribution is 5.85. The third kappa shape index (κ3) is 3.71. The van der Waals surface area contributed by atoms with E-state index in [4.69, 9.17) is 9.47 Å². The van der Waals surface area contributed by atoms with E-state index in [-0.39, 0.29) is 24.2 Å². The van der Waals surface area contributed by atoms with Gasteiger partial charge in [-0.2, -0.15) is 0 Å². The molecule has 1 aliphatic carbocycles. The van der Waals surface area contributed by atoms with Crippen LogP contribution in [0.4, 0.5) is 4.79 Å². The van der Waals surface area contributed by atoms with Crippen molar-refractivity contribution in [2.24, 2.45) is 0 Å². The van der Waals surface area contributed by atoms with Gasteiger partial charge in [0.1, 0.15) is 5.65 Å². The summed E-state index contributed by atoms with van der Waals surface area (Å²) in [5.41, 5.74) is 8.25. The van der Waals surface area contributed by atoms with Gasteiger partial charge in [0.15, 0.2) is 0 Å². The van der Waals surface area contributed by atoms with Gasteiger partial charge in [-0.1, -0.05) is 6.07 Å². The Balaban J connectivity index is 1.25. The average molecular weight is 474 g/mol. The third-order valence-corrected chi connectivity index (χ3v) is 8.03. The highest BCUT2D eigenvalue weighted by Crippen LogP contribution is 2.37. The molecular weight excluding hydrogens is 442 g/mol. The van der Waals surface area contributed by atoms with Crippen molar-refractivity contribution in [1.29, 1.82) is 0 Å². The van der Waals surface area contributed by atoms with E-state index < -0.39 is 0 Å². The molecule has 0 radical (unpaired) electrons. The molecule has 5 heterocycles. The van der Waals surface area contributed by atoms with E-state index in [0.29, 0.717) is 26.3 Å². The van der Waals surface area contributed by atoms with Crippen LogP contribution in [-0.4, -0.2) is 77.4 Å². The number of pyridine rings is 1. The molecule has 8 heteroatoms. The first-order chi connectivity index (χ1) is 17.2. The molecule has 3 aromatic rings. The number of ether oxygens (including phenoxy) is 2. The van der Waals surface area contributed by atoms with E-state index in [1.807, 2.05) is 22.2 Å². The average Bonchev–Trinajstić information content (AvgIpc) is 3.62. The Morgan fingerprint density at radius 3 is 3.00 bits per heavy atom. The van der Waals surface area contributed by atoms with Crippen molar-refractivity contribution in [1.82, 2.24) is 25.1 Å². The predicted molar refractivity (Wildman–Crippen MR) is 132 cm³/mol. The second-order valence-electron chi connectivity index (χ2n) is 10.2. The van der Waals surface area contributed by atoms with E-state index >= 15 is 0 Å². The molecule has 2 N–H and O–H groups in total. The molecule has 2 amide bonds. The topological polar surface area (TPSA) is 82.7 Å². The number of rotatable bonds is 2. The summed E-state index contributed by atoms with van der Waals surface area (Å²) in [6, 6.07) is 7.37. The van der Waals surface area contributed by atoms with Gasteiger partial charge in [-0.05, 0) is 59.7 Å². The van der Waals surface area contributed by atoms with Crippen LogP contribution in [0.2, 0.25) is 0 Å². The Kier molecular flexibility index (Phi) is 5.08. The molecule has 2 saturated heterocycles. The molecule has 3 atom stereocenters. The van der Waals surface area contributed by atoms with E-state index in [1.54, 1.807) is 0 Å². The molecule has 1 aromatic carbocycles. The van der Waals surface area contributed by atoms with Gasteiger partial charge in [0, 0.05) is 49.5 Å². The van der Waals surface area contributed by atoms with Gasteiger partial charge in [-0.25, -0.2) is 9.78 Å². The summed E-state index contributed by atoms with van der Waals surface area (Å²) in [7, 11) is 0. The largest absolute Gasteiger partial charge is 0.378 e. The number of aromatic nitrogens is 2. The van der Waals surface area contributed by atoms with Gasteiger partial charge < -0.3 is 29.6 Å². The summed E-state index contributed by atoms with van der Waals surface area (Å²) >= 11 is 0. The quantitative estimate of drug-likeness (QED) is 0.598. The van der Waals surface area contributed by atoms with Crippen LogP contribution in [0.25, 0.3) is 22.2 Å². The number of aryl methyl sites for hydroxylation is 1. The normalized spacial score (nSPS) is 25.9. The SMILES string of the molecule is Cc1c[nH]c2ncc(-c3cc4c(c([C@@H]5COCCN5)c3)CN(C(=O)N3CCOC5CC53)CC4)cc12. The van der Waals surface area contributed by atoms with Crippen LogP contribution in [-0.2, 0) is 22.4 Å². The molecule has 0 spiro atoms. The molecule has 0 bridgehead atoms. The zero-order valence-corrected chi connectivity index (χ0v) is 20.0. The second-order valence-corrected chi connectivity index (χ2v) is 10.2. The minimum Gasteiger partial charge on any atom is -0.378 e. The van der Waals surface area contributed by atoms with Crippen molar-refractivity contribution in [3.05, 3.63) is 52.8 Å². The predicted octanol–water partition coefficient (Wildman–Crippen LogP) is 3.15. The van der Waals surface area contributed by atoms with Crippen LogP contribution in [0.15, 0.2) is 30.6 Å². The number of aromatic amines is 1. The van der Waals surface area contributed by atoms with Crippen molar-refractivity contribution in [3.8, 4) is 11.1 Å². The van der Waals surface area contributed by atoms with Crippen molar-refractivity contribution < 1.29 is 14.3 Å². The Bertz CT molecular complexity index is 1300. The summed E-state index contributed by atoms with van der Waals surface area (Å²) in [5.74, 6) is 0. The zero-order valence-electron chi connectivity index (χ0n) is 20.0. The van der Waals surface area contributed by atoms with Gasteiger partial charge in [0.25, 0.3) is 0 Å². The number of amides is 2. The highest BCUT2D eigenvalue weighted by atomic mass is 16.5. The molecule has 8 nitrogen and oxygen atoms in total. The van der Waals surface area contributed by atoms with E-state index in [1.165, 1.54) is 27.8 Å². The van der Waals surface area contributed by atoms with Gasteiger partial charge >= 0.3 is 6.03 Å². The maximum Gasteiger partial charge on any atom is 0.320 e. The molecule has 35 heavy (non-hydrogen) atoms. The molecule has 2 aromatic heterocycles. The minimum atomic E-state index is 0.120. The van der Waals surface area contributed by atoms with Crippen molar-refractivity contribution in [2.75, 3.05) is 39.5 Å². The number of fused-ring (bicyclic) bond motifs is 3. The van der Waals surface area contributed by atoms with Crippen LogP contribution in [0.3, 0.4) is 0 Å². The lowest BCUT2D eigenvalue weighted by atomic mass is 9.87. The summed E-state index contributed by atoms with van der Waals surface area (Å²) in [5, 5.41) is 4.80.